The molecule has 0 bridgehead atoms. The summed E-state index contributed by atoms with van der Waals surface area (Å²) in [5, 5.41) is 10.7. The summed E-state index contributed by atoms with van der Waals surface area (Å²) in [6.07, 6.45) is 2.18. The average Bonchev–Trinajstić information content (AvgIpc) is 3.31. The summed E-state index contributed by atoms with van der Waals surface area (Å²) >= 11 is 6.01. The van der Waals surface area contributed by atoms with Gasteiger partial charge in [-0.05, 0) is 30.5 Å². The van der Waals surface area contributed by atoms with Crippen molar-refractivity contribution < 1.29 is 9.84 Å². The van der Waals surface area contributed by atoms with Crippen molar-refractivity contribution in [2.75, 3.05) is 53.0 Å². The first kappa shape index (κ1) is 17.2. The minimum Gasteiger partial charge on any atom is -0.389 e. The summed E-state index contributed by atoms with van der Waals surface area (Å²) in [7, 11) is 1.63. The summed E-state index contributed by atoms with van der Waals surface area (Å²) < 4.78 is 5.00. The zero-order valence-electron chi connectivity index (χ0n) is 13.9. The smallest absolute Gasteiger partial charge is 0.0900 e. The molecule has 0 amide bonds. The molecule has 5 heteroatoms. The third-order valence-corrected chi connectivity index (χ3v) is 5.38. The molecule has 1 atom stereocenters. The molecule has 1 aliphatic heterocycles. The summed E-state index contributed by atoms with van der Waals surface area (Å²) in [4.78, 5) is 4.91. The predicted molar refractivity (Wildman–Crippen MR) is 93.1 cm³/mol. The molecule has 1 aliphatic carbocycles. The lowest BCUT2D eigenvalue weighted by Crippen LogP contribution is -2.50. The fourth-order valence-electron chi connectivity index (χ4n) is 3.59. The van der Waals surface area contributed by atoms with Gasteiger partial charge in [-0.15, -0.1) is 0 Å². The second-order valence-corrected chi connectivity index (χ2v) is 7.41. The van der Waals surface area contributed by atoms with Gasteiger partial charge >= 0.3 is 0 Å². The fourth-order valence-corrected chi connectivity index (χ4v) is 3.72. The lowest BCUT2D eigenvalue weighted by atomic mass is 9.95. The Labute approximate surface area is 144 Å². The molecule has 1 saturated heterocycles. The van der Waals surface area contributed by atoms with Crippen molar-refractivity contribution in [3.8, 4) is 0 Å². The minimum absolute atomic E-state index is 0.350. The van der Waals surface area contributed by atoms with E-state index in [0.717, 1.165) is 37.7 Å². The zero-order valence-corrected chi connectivity index (χ0v) is 14.6. The number of aliphatic hydroxyl groups is 1. The van der Waals surface area contributed by atoms with Crippen LogP contribution in [0, 0.1) is 0 Å². The lowest BCUT2D eigenvalue weighted by Gasteiger charge is -2.37. The maximum atomic E-state index is 9.84. The number of halogens is 1. The van der Waals surface area contributed by atoms with Crippen LogP contribution in [0.2, 0.25) is 5.02 Å². The van der Waals surface area contributed by atoms with E-state index >= 15 is 0 Å². The van der Waals surface area contributed by atoms with E-state index in [0.29, 0.717) is 18.6 Å². The Balaban J connectivity index is 1.48. The highest BCUT2D eigenvalue weighted by Crippen LogP contribution is 2.49. The van der Waals surface area contributed by atoms with Crippen molar-refractivity contribution in [2.24, 2.45) is 0 Å². The summed E-state index contributed by atoms with van der Waals surface area (Å²) in [6.45, 7) is 6.48. The highest BCUT2D eigenvalue weighted by molar-refractivity contribution is 6.30. The van der Waals surface area contributed by atoms with Crippen LogP contribution in [0.15, 0.2) is 24.3 Å². The van der Waals surface area contributed by atoms with Gasteiger partial charge < -0.3 is 9.84 Å². The van der Waals surface area contributed by atoms with Gasteiger partial charge in [-0.3, -0.25) is 9.80 Å². The molecular weight excluding hydrogens is 312 g/mol. The summed E-state index contributed by atoms with van der Waals surface area (Å²) in [6, 6.07) is 8.39. The van der Waals surface area contributed by atoms with Crippen LogP contribution in [-0.4, -0.2) is 74.0 Å². The van der Waals surface area contributed by atoms with E-state index < -0.39 is 0 Å². The quantitative estimate of drug-likeness (QED) is 0.825. The normalized spacial score (nSPS) is 22.9. The average molecular weight is 339 g/mol. The van der Waals surface area contributed by atoms with Gasteiger partial charge in [0.25, 0.3) is 0 Å². The molecule has 0 unspecified atom stereocenters. The molecule has 1 N–H and O–H groups in total. The van der Waals surface area contributed by atoms with Gasteiger partial charge in [0, 0.05) is 56.8 Å². The van der Waals surface area contributed by atoms with Crippen LogP contribution in [0.5, 0.6) is 0 Å². The van der Waals surface area contributed by atoms with Crippen molar-refractivity contribution in [1.82, 2.24) is 9.80 Å². The molecule has 1 heterocycles. The number of piperazine rings is 1. The number of methoxy groups -OCH3 is 1. The van der Waals surface area contributed by atoms with Gasteiger partial charge in [0.15, 0.2) is 0 Å². The highest BCUT2D eigenvalue weighted by atomic mass is 35.5. The van der Waals surface area contributed by atoms with Gasteiger partial charge in [0.2, 0.25) is 0 Å². The molecule has 1 saturated carbocycles. The first-order chi connectivity index (χ1) is 11.1. The molecule has 0 spiro atoms. The second kappa shape index (κ2) is 7.49. The van der Waals surface area contributed by atoms with E-state index in [1.54, 1.807) is 7.11 Å². The molecular formula is C18H27ClN2O2. The van der Waals surface area contributed by atoms with Crippen LogP contribution >= 0.6 is 11.6 Å². The topological polar surface area (TPSA) is 35.9 Å². The number of nitrogens with zero attached hydrogens (tertiary/aromatic N) is 2. The molecule has 0 radical (unpaired) electrons. The van der Waals surface area contributed by atoms with Gasteiger partial charge in [-0.2, -0.15) is 0 Å². The molecule has 2 fully saturated rings. The Morgan fingerprint density at radius 1 is 1.13 bits per heavy atom. The van der Waals surface area contributed by atoms with E-state index in [1.165, 1.54) is 18.4 Å². The Morgan fingerprint density at radius 3 is 2.30 bits per heavy atom. The standard InChI is InChI=1S/C18H27ClN2O2/c1-23-13-17(22)12-20-8-10-21(11-9-20)14-18(6-7-18)15-2-4-16(19)5-3-15/h2-5,17,22H,6-14H2,1H3/t17-/m1/s1. The number of benzene rings is 1. The third-order valence-electron chi connectivity index (χ3n) is 5.13. The zero-order chi connectivity index (χ0) is 16.3. The predicted octanol–water partition coefficient (Wildman–Crippen LogP) is 2.00. The van der Waals surface area contributed by atoms with E-state index in [-0.39, 0.29) is 6.10 Å². The van der Waals surface area contributed by atoms with Gasteiger partial charge in [-0.25, -0.2) is 0 Å². The maximum absolute atomic E-state index is 9.84. The fraction of sp³-hybridized carbons (Fsp3) is 0.667. The summed E-state index contributed by atoms with van der Waals surface area (Å²) in [5.41, 5.74) is 1.78. The number of β-amino-alcohol motifs (C(OH)–C–C–N with tert-alkyl or cyclic N) is 1. The first-order valence-electron chi connectivity index (χ1n) is 8.49. The number of hydrogen-bond donors (Lipinski definition) is 1. The number of ether oxygens (including phenoxy) is 1. The molecule has 23 heavy (non-hydrogen) atoms. The van der Waals surface area contributed by atoms with Crippen LogP contribution < -0.4 is 0 Å². The van der Waals surface area contributed by atoms with Crippen LogP contribution in [0.4, 0.5) is 0 Å². The first-order valence-corrected chi connectivity index (χ1v) is 8.87. The number of aliphatic hydroxyl groups excluding tert-OH is 1. The van der Waals surface area contributed by atoms with Crippen molar-refractivity contribution in [1.29, 1.82) is 0 Å². The second-order valence-electron chi connectivity index (χ2n) is 6.97. The minimum atomic E-state index is -0.379. The van der Waals surface area contributed by atoms with Crippen LogP contribution in [0.3, 0.4) is 0 Å². The largest absolute Gasteiger partial charge is 0.389 e. The third kappa shape index (κ3) is 4.46. The van der Waals surface area contributed by atoms with Crippen LogP contribution in [-0.2, 0) is 10.2 Å². The van der Waals surface area contributed by atoms with Gasteiger partial charge in [0.05, 0.1) is 12.7 Å². The van der Waals surface area contributed by atoms with Crippen molar-refractivity contribution in [3.05, 3.63) is 34.9 Å². The Morgan fingerprint density at radius 2 is 1.74 bits per heavy atom. The maximum Gasteiger partial charge on any atom is 0.0900 e. The van der Waals surface area contributed by atoms with Crippen molar-refractivity contribution >= 4 is 11.6 Å². The summed E-state index contributed by atoms with van der Waals surface area (Å²) in [5.74, 6) is 0. The van der Waals surface area contributed by atoms with Crippen molar-refractivity contribution in [3.63, 3.8) is 0 Å². The molecule has 3 rings (SSSR count). The molecule has 128 valence electrons. The van der Waals surface area contributed by atoms with E-state index in [2.05, 4.69) is 21.9 Å². The van der Waals surface area contributed by atoms with Crippen LogP contribution in [0.1, 0.15) is 18.4 Å². The van der Waals surface area contributed by atoms with Gasteiger partial charge in [-0.1, -0.05) is 23.7 Å². The SMILES string of the molecule is COC[C@H](O)CN1CCN(CC2(c3ccc(Cl)cc3)CC2)CC1. The van der Waals surface area contributed by atoms with Crippen molar-refractivity contribution in [2.45, 2.75) is 24.4 Å². The number of hydrogen-bond acceptors (Lipinski definition) is 4. The Bertz CT molecular complexity index is 496. The molecule has 1 aromatic carbocycles. The van der Waals surface area contributed by atoms with Gasteiger partial charge in [0.1, 0.15) is 0 Å². The van der Waals surface area contributed by atoms with E-state index in [4.69, 9.17) is 16.3 Å². The Hall–Kier alpha value is -0.650. The molecule has 2 aliphatic rings. The molecule has 0 aromatic heterocycles. The van der Waals surface area contributed by atoms with E-state index in [1.807, 2.05) is 12.1 Å². The van der Waals surface area contributed by atoms with E-state index in [9.17, 15) is 5.11 Å². The highest BCUT2D eigenvalue weighted by Gasteiger charge is 2.45. The number of rotatable bonds is 7. The Kier molecular flexibility index (Phi) is 5.60. The van der Waals surface area contributed by atoms with Crippen LogP contribution in [0.25, 0.3) is 0 Å². The lowest BCUT2D eigenvalue weighted by molar-refractivity contribution is 0.0229. The molecule has 4 nitrogen and oxygen atoms in total. The molecule has 1 aromatic rings. The monoisotopic (exact) mass is 338 g/mol.